The summed E-state index contributed by atoms with van der Waals surface area (Å²) in [4.78, 5) is 29.2. The van der Waals surface area contributed by atoms with E-state index in [1.54, 1.807) is 0 Å². The highest BCUT2D eigenvalue weighted by Crippen LogP contribution is 2.38. The number of anilines is 2. The molecule has 0 aliphatic heterocycles. The third-order valence-electron chi connectivity index (χ3n) is 5.54. The number of aromatic nitrogens is 1. The molecule has 4 rings (SSSR count). The Kier molecular flexibility index (Phi) is 6.47. The number of aryl methyl sites for hydroxylation is 1. The van der Waals surface area contributed by atoms with Crippen LogP contribution in [0.1, 0.15) is 38.7 Å². The molecule has 4 aromatic rings. The van der Waals surface area contributed by atoms with Gasteiger partial charge in [-0.1, -0.05) is 12.1 Å². The SMILES string of the molecule is COc1cc(Nc2c(C(N)=O)cnc3c(C)cc(C(CC(=O)O)c4cccs4)cc23)ccc1F. The second kappa shape index (κ2) is 9.48. The molecule has 0 spiro atoms. The molecule has 2 aromatic carbocycles. The van der Waals surface area contributed by atoms with E-state index in [-0.39, 0.29) is 23.7 Å². The van der Waals surface area contributed by atoms with Crippen molar-refractivity contribution in [2.75, 3.05) is 12.4 Å². The Labute approximate surface area is 199 Å². The number of aliphatic carboxylic acids is 1. The van der Waals surface area contributed by atoms with Gasteiger partial charge in [-0.25, -0.2) is 4.39 Å². The first-order valence-corrected chi connectivity index (χ1v) is 11.2. The van der Waals surface area contributed by atoms with Crippen LogP contribution in [0.2, 0.25) is 0 Å². The molecule has 1 unspecified atom stereocenters. The average molecular weight is 480 g/mol. The number of nitrogens with one attached hydrogen (secondary N) is 1. The number of carboxylic acid groups (broad SMARTS) is 1. The summed E-state index contributed by atoms with van der Waals surface area (Å²) in [6.07, 6.45) is 1.31. The van der Waals surface area contributed by atoms with Crippen molar-refractivity contribution in [2.24, 2.45) is 5.73 Å². The highest BCUT2D eigenvalue weighted by atomic mass is 32.1. The maximum atomic E-state index is 13.9. The largest absolute Gasteiger partial charge is 0.494 e. The number of thiophene rings is 1. The number of carbonyl (C=O) groups is 2. The standard InChI is InChI=1S/C25H22FN3O4S/c1-13-8-14(16(11-22(30)31)21-4-3-7-34-21)9-17-23(13)28-12-18(25(27)32)24(17)29-15-5-6-19(26)20(10-15)33-2/h3-10,12,16H,11H2,1-2H3,(H2,27,32)(H,28,29)(H,30,31). The molecule has 9 heteroatoms. The van der Waals surface area contributed by atoms with Crippen LogP contribution in [-0.2, 0) is 4.79 Å². The summed E-state index contributed by atoms with van der Waals surface area (Å²) in [6, 6.07) is 11.8. The quantitative estimate of drug-likeness (QED) is 0.320. The number of amides is 1. The lowest BCUT2D eigenvalue weighted by Gasteiger charge is -2.19. The minimum absolute atomic E-state index is 0.0417. The van der Waals surface area contributed by atoms with E-state index in [1.807, 2.05) is 36.6 Å². The summed E-state index contributed by atoms with van der Waals surface area (Å²) in [7, 11) is 1.36. The molecule has 2 heterocycles. The molecular formula is C25H22FN3O4S. The van der Waals surface area contributed by atoms with E-state index in [0.717, 1.165) is 16.0 Å². The predicted octanol–water partition coefficient (Wildman–Crippen LogP) is 5.20. The first-order chi connectivity index (χ1) is 16.3. The van der Waals surface area contributed by atoms with Crippen molar-refractivity contribution in [1.29, 1.82) is 0 Å². The summed E-state index contributed by atoms with van der Waals surface area (Å²) < 4.78 is 19.0. The molecule has 4 N–H and O–H groups in total. The molecule has 7 nitrogen and oxygen atoms in total. The molecule has 34 heavy (non-hydrogen) atoms. The van der Waals surface area contributed by atoms with Crippen LogP contribution in [0.25, 0.3) is 10.9 Å². The maximum Gasteiger partial charge on any atom is 0.304 e. The minimum Gasteiger partial charge on any atom is -0.494 e. The smallest absolute Gasteiger partial charge is 0.304 e. The first-order valence-electron chi connectivity index (χ1n) is 10.4. The Balaban J connectivity index is 1.93. The van der Waals surface area contributed by atoms with Gasteiger partial charge >= 0.3 is 5.97 Å². The molecule has 1 amide bonds. The fourth-order valence-electron chi connectivity index (χ4n) is 3.96. The van der Waals surface area contributed by atoms with E-state index >= 15 is 0 Å². The van der Waals surface area contributed by atoms with Crippen LogP contribution in [0.4, 0.5) is 15.8 Å². The third kappa shape index (κ3) is 4.55. The first kappa shape index (κ1) is 23.2. The number of hydrogen-bond acceptors (Lipinski definition) is 6. The highest BCUT2D eigenvalue weighted by molar-refractivity contribution is 7.10. The van der Waals surface area contributed by atoms with E-state index in [2.05, 4.69) is 10.3 Å². The Morgan fingerprint density at radius 2 is 2.06 bits per heavy atom. The van der Waals surface area contributed by atoms with Crippen molar-refractivity contribution >= 4 is 45.5 Å². The van der Waals surface area contributed by atoms with Crippen molar-refractivity contribution in [1.82, 2.24) is 4.98 Å². The number of methoxy groups -OCH3 is 1. The Hall–Kier alpha value is -3.98. The van der Waals surface area contributed by atoms with Gasteiger partial charge in [0, 0.05) is 34.1 Å². The van der Waals surface area contributed by atoms with Crippen LogP contribution >= 0.6 is 11.3 Å². The number of benzene rings is 2. The lowest BCUT2D eigenvalue weighted by Crippen LogP contribution is -2.15. The van der Waals surface area contributed by atoms with Crippen molar-refractivity contribution < 1.29 is 23.8 Å². The molecule has 0 fully saturated rings. The number of rotatable bonds is 8. The van der Waals surface area contributed by atoms with Crippen LogP contribution < -0.4 is 15.8 Å². The zero-order chi connectivity index (χ0) is 24.4. The lowest BCUT2D eigenvalue weighted by atomic mass is 9.90. The van der Waals surface area contributed by atoms with Gasteiger partial charge in [0.15, 0.2) is 11.6 Å². The normalized spacial score (nSPS) is 11.9. The number of halogens is 1. The van der Waals surface area contributed by atoms with E-state index in [4.69, 9.17) is 10.5 Å². The fraction of sp³-hybridized carbons (Fsp3) is 0.160. The Bertz CT molecular complexity index is 1390. The number of primary amides is 1. The highest BCUT2D eigenvalue weighted by Gasteiger charge is 2.22. The van der Waals surface area contributed by atoms with E-state index in [0.29, 0.717) is 22.3 Å². The number of nitrogens with zero attached hydrogens (tertiary/aromatic N) is 1. The molecule has 0 saturated heterocycles. The van der Waals surface area contributed by atoms with Gasteiger partial charge in [-0.3, -0.25) is 14.6 Å². The van der Waals surface area contributed by atoms with Gasteiger partial charge in [0.2, 0.25) is 0 Å². The van der Waals surface area contributed by atoms with E-state index < -0.39 is 17.7 Å². The maximum absolute atomic E-state index is 13.9. The van der Waals surface area contributed by atoms with Crippen LogP contribution in [0.3, 0.4) is 0 Å². The topological polar surface area (TPSA) is 115 Å². The lowest BCUT2D eigenvalue weighted by molar-refractivity contribution is -0.137. The molecule has 0 radical (unpaired) electrons. The Morgan fingerprint density at radius 1 is 1.26 bits per heavy atom. The molecule has 174 valence electrons. The molecule has 0 bridgehead atoms. The van der Waals surface area contributed by atoms with Gasteiger partial charge in [-0.05, 0) is 47.7 Å². The van der Waals surface area contributed by atoms with Crippen LogP contribution in [0.15, 0.2) is 54.0 Å². The monoisotopic (exact) mass is 479 g/mol. The number of pyridine rings is 1. The molecule has 0 aliphatic carbocycles. The predicted molar refractivity (Wildman–Crippen MR) is 130 cm³/mol. The Morgan fingerprint density at radius 3 is 2.71 bits per heavy atom. The van der Waals surface area contributed by atoms with Gasteiger partial charge in [0.1, 0.15) is 0 Å². The second-order valence-electron chi connectivity index (χ2n) is 7.79. The van der Waals surface area contributed by atoms with E-state index in [1.165, 1.54) is 42.8 Å². The van der Waals surface area contributed by atoms with Crippen LogP contribution in [0.5, 0.6) is 5.75 Å². The zero-order valence-electron chi connectivity index (χ0n) is 18.5. The summed E-state index contributed by atoms with van der Waals surface area (Å²) in [6.45, 7) is 1.87. The van der Waals surface area contributed by atoms with Gasteiger partial charge < -0.3 is 20.9 Å². The number of carboxylic acids is 1. The third-order valence-corrected chi connectivity index (χ3v) is 6.52. The molecular weight excluding hydrogens is 457 g/mol. The number of carbonyl (C=O) groups excluding carboxylic acids is 1. The summed E-state index contributed by atoms with van der Waals surface area (Å²) in [5.74, 6) is -2.46. The number of nitrogens with two attached hydrogens (primary N) is 1. The number of hydrogen-bond donors (Lipinski definition) is 3. The summed E-state index contributed by atoms with van der Waals surface area (Å²) >= 11 is 1.48. The number of fused-ring (bicyclic) bond motifs is 1. The van der Waals surface area contributed by atoms with Gasteiger partial charge in [-0.2, -0.15) is 0 Å². The fourth-order valence-corrected chi connectivity index (χ4v) is 4.81. The minimum atomic E-state index is -0.920. The summed E-state index contributed by atoms with van der Waals surface area (Å²) in [5.41, 5.74) is 8.89. The van der Waals surface area contributed by atoms with Crippen LogP contribution in [-0.4, -0.2) is 29.1 Å². The van der Waals surface area contributed by atoms with Crippen molar-refractivity contribution in [3.05, 3.63) is 81.4 Å². The van der Waals surface area contributed by atoms with E-state index in [9.17, 15) is 19.1 Å². The van der Waals surface area contributed by atoms with Gasteiger partial charge in [-0.15, -0.1) is 11.3 Å². The summed E-state index contributed by atoms with van der Waals surface area (Å²) in [5, 5.41) is 15.2. The number of ether oxygens (including phenoxy) is 1. The molecule has 0 saturated carbocycles. The second-order valence-corrected chi connectivity index (χ2v) is 8.76. The van der Waals surface area contributed by atoms with Crippen molar-refractivity contribution in [3.8, 4) is 5.75 Å². The zero-order valence-corrected chi connectivity index (χ0v) is 19.3. The van der Waals surface area contributed by atoms with Crippen LogP contribution in [0, 0.1) is 12.7 Å². The molecule has 0 aliphatic rings. The van der Waals surface area contributed by atoms with Gasteiger partial charge in [0.05, 0.1) is 30.3 Å². The molecule has 1 atom stereocenters. The molecule has 2 aromatic heterocycles. The van der Waals surface area contributed by atoms with Gasteiger partial charge in [0.25, 0.3) is 5.91 Å². The van der Waals surface area contributed by atoms with Crippen molar-refractivity contribution in [3.63, 3.8) is 0 Å². The average Bonchev–Trinajstić information content (AvgIpc) is 3.33. The van der Waals surface area contributed by atoms with Crippen molar-refractivity contribution in [2.45, 2.75) is 19.3 Å².